The van der Waals surface area contributed by atoms with Crippen LogP contribution < -0.4 is 20.7 Å². The lowest BCUT2D eigenvalue weighted by molar-refractivity contribution is -0.122. The number of hydrogen-bond donors (Lipinski definition) is 3. The van der Waals surface area contributed by atoms with Gasteiger partial charge in [-0.3, -0.25) is 14.9 Å². The predicted octanol–water partition coefficient (Wildman–Crippen LogP) is 1.65. The van der Waals surface area contributed by atoms with Crippen LogP contribution in [0.3, 0.4) is 0 Å². The second kappa shape index (κ2) is 7.44. The van der Waals surface area contributed by atoms with E-state index in [2.05, 4.69) is 16.0 Å². The van der Waals surface area contributed by atoms with Gasteiger partial charge in [0.1, 0.15) is 5.75 Å². The Hall–Kier alpha value is -2.57. The first-order valence-electron chi connectivity index (χ1n) is 6.78. The third-order valence-corrected chi connectivity index (χ3v) is 2.27. The maximum Gasteiger partial charge on any atom is 0.321 e. The standard InChI is InChI=1S/C15H21N3O4/c1-10(19)16-11-6-5-7-12(8-11)22-9-13(20)17-14(21)18-15(2,3)4/h5-8H,9H2,1-4H3,(H,16,19)(H2,17,18,20,21). The largest absolute Gasteiger partial charge is 0.484 e. The van der Waals surface area contributed by atoms with Crippen LogP contribution in [-0.2, 0) is 9.59 Å². The van der Waals surface area contributed by atoms with E-state index in [4.69, 9.17) is 4.74 Å². The fourth-order valence-electron chi connectivity index (χ4n) is 1.55. The van der Waals surface area contributed by atoms with Crippen molar-refractivity contribution in [3.05, 3.63) is 24.3 Å². The Balaban J connectivity index is 2.47. The van der Waals surface area contributed by atoms with Crippen molar-refractivity contribution in [1.82, 2.24) is 10.6 Å². The molecule has 120 valence electrons. The number of nitrogens with one attached hydrogen (secondary N) is 3. The fraction of sp³-hybridized carbons (Fsp3) is 0.400. The molecule has 0 spiro atoms. The summed E-state index contributed by atoms with van der Waals surface area (Å²) in [5.74, 6) is -0.349. The van der Waals surface area contributed by atoms with Crippen molar-refractivity contribution in [3.8, 4) is 5.75 Å². The first kappa shape index (κ1) is 17.5. The van der Waals surface area contributed by atoms with Crippen LogP contribution in [0.15, 0.2) is 24.3 Å². The van der Waals surface area contributed by atoms with Crippen LogP contribution in [0.25, 0.3) is 0 Å². The zero-order chi connectivity index (χ0) is 16.8. The van der Waals surface area contributed by atoms with Crippen molar-refractivity contribution < 1.29 is 19.1 Å². The molecule has 1 aromatic rings. The molecule has 0 saturated heterocycles. The second-order valence-electron chi connectivity index (χ2n) is 5.75. The van der Waals surface area contributed by atoms with Gasteiger partial charge in [0.05, 0.1) is 0 Å². The van der Waals surface area contributed by atoms with Crippen molar-refractivity contribution in [2.24, 2.45) is 0 Å². The summed E-state index contributed by atoms with van der Waals surface area (Å²) in [5.41, 5.74) is 0.133. The molecule has 0 aromatic heterocycles. The molecule has 7 nitrogen and oxygen atoms in total. The second-order valence-corrected chi connectivity index (χ2v) is 5.75. The Bertz CT molecular complexity index is 564. The minimum atomic E-state index is -0.576. The van der Waals surface area contributed by atoms with Crippen molar-refractivity contribution in [2.75, 3.05) is 11.9 Å². The summed E-state index contributed by atoms with van der Waals surface area (Å²) >= 11 is 0. The van der Waals surface area contributed by atoms with Crippen molar-refractivity contribution in [1.29, 1.82) is 0 Å². The van der Waals surface area contributed by atoms with Gasteiger partial charge in [0, 0.05) is 24.2 Å². The summed E-state index contributed by atoms with van der Waals surface area (Å²) in [6.07, 6.45) is 0. The molecule has 4 amide bonds. The van der Waals surface area contributed by atoms with Gasteiger partial charge in [-0.25, -0.2) is 4.79 Å². The molecular weight excluding hydrogens is 286 g/mol. The Morgan fingerprint density at radius 1 is 1.18 bits per heavy atom. The van der Waals surface area contributed by atoms with Crippen LogP contribution in [-0.4, -0.2) is 30.0 Å². The van der Waals surface area contributed by atoms with Gasteiger partial charge in [-0.15, -0.1) is 0 Å². The lowest BCUT2D eigenvalue weighted by Gasteiger charge is -2.20. The molecule has 1 aromatic carbocycles. The van der Waals surface area contributed by atoms with E-state index in [1.54, 1.807) is 45.0 Å². The Morgan fingerprint density at radius 2 is 1.86 bits per heavy atom. The smallest absolute Gasteiger partial charge is 0.321 e. The number of urea groups is 1. The topological polar surface area (TPSA) is 96.5 Å². The maximum atomic E-state index is 11.6. The van der Waals surface area contributed by atoms with Gasteiger partial charge in [-0.2, -0.15) is 0 Å². The predicted molar refractivity (Wildman–Crippen MR) is 82.7 cm³/mol. The van der Waals surface area contributed by atoms with Crippen LogP contribution >= 0.6 is 0 Å². The molecule has 22 heavy (non-hydrogen) atoms. The average Bonchev–Trinajstić information content (AvgIpc) is 2.33. The van der Waals surface area contributed by atoms with E-state index in [1.807, 2.05) is 0 Å². The van der Waals surface area contributed by atoms with Gasteiger partial charge in [-0.1, -0.05) is 6.07 Å². The molecular formula is C15H21N3O4. The molecule has 0 aliphatic rings. The van der Waals surface area contributed by atoms with Gasteiger partial charge < -0.3 is 15.4 Å². The maximum absolute atomic E-state index is 11.6. The number of imide groups is 1. The number of benzene rings is 1. The summed E-state index contributed by atoms with van der Waals surface area (Å²) in [7, 11) is 0. The number of amides is 4. The molecule has 1 rings (SSSR count). The summed E-state index contributed by atoms with van der Waals surface area (Å²) in [6, 6.07) is 6.04. The monoisotopic (exact) mass is 307 g/mol. The summed E-state index contributed by atoms with van der Waals surface area (Å²) < 4.78 is 5.28. The fourth-order valence-corrected chi connectivity index (χ4v) is 1.55. The Kier molecular flexibility index (Phi) is 5.91. The highest BCUT2D eigenvalue weighted by Crippen LogP contribution is 2.17. The van der Waals surface area contributed by atoms with Crippen molar-refractivity contribution in [2.45, 2.75) is 33.2 Å². The SMILES string of the molecule is CC(=O)Nc1cccc(OCC(=O)NC(=O)NC(C)(C)C)c1. The minimum Gasteiger partial charge on any atom is -0.484 e. The van der Waals surface area contributed by atoms with E-state index >= 15 is 0 Å². The molecule has 3 N–H and O–H groups in total. The molecule has 0 radical (unpaired) electrons. The zero-order valence-corrected chi connectivity index (χ0v) is 13.1. The molecule has 0 unspecified atom stereocenters. The van der Waals surface area contributed by atoms with Crippen molar-refractivity contribution in [3.63, 3.8) is 0 Å². The third kappa shape index (κ3) is 7.28. The number of ether oxygens (including phenoxy) is 1. The number of carbonyl (C=O) groups is 3. The van der Waals surface area contributed by atoms with E-state index in [9.17, 15) is 14.4 Å². The van der Waals surface area contributed by atoms with E-state index < -0.39 is 17.5 Å². The highest BCUT2D eigenvalue weighted by atomic mass is 16.5. The molecule has 0 bridgehead atoms. The molecule has 0 fully saturated rings. The van der Waals surface area contributed by atoms with E-state index in [0.717, 1.165) is 0 Å². The van der Waals surface area contributed by atoms with E-state index in [-0.39, 0.29) is 12.5 Å². The lowest BCUT2D eigenvalue weighted by atomic mass is 10.1. The molecule has 0 aliphatic heterocycles. The molecule has 0 heterocycles. The highest BCUT2D eigenvalue weighted by molar-refractivity contribution is 5.95. The highest BCUT2D eigenvalue weighted by Gasteiger charge is 2.15. The Labute approximate surface area is 129 Å². The van der Waals surface area contributed by atoms with Crippen molar-refractivity contribution >= 4 is 23.5 Å². The van der Waals surface area contributed by atoms with Crippen LogP contribution in [0, 0.1) is 0 Å². The first-order valence-corrected chi connectivity index (χ1v) is 6.78. The molecule has 0 saturated carbocycles. The number of carbonyl (C=O) groups excluding carboxylic acids is 3. The van der Waals surface area contributed by atoms with E-state index in [0.29, 0.717) is 11.4 Å². The number of hydrogen-bond acceptors (Lipinski definition) is 4. The van der Waals surface area contributed by atoms with Crippen LogP contribution in [0.1, 0.15) is 27.7 Å². The summed E-state index contributed by atoms with van der Waals surface area (Å²) in [4.78, 5) is 34.1. The zero-order valence-electron chi connectivity index (χ0n) is 13.1. The van der Waals surface area contributed by atoms with Gasteiger partial charge in [0.15, 0.2) is 6.61 Å². The molecule has 0 aliphatic carbocycles. The van der Waals surface area contributed by atoms with Crippen LogP contribution in [0.2, 0.25) is 0 Å². The van der Waals surface area contributed by atoms with Gasteiger partial charge in [-0.05, 0) is 32.9 Å². The number of anilines is 1. The van der Waals surface area contributed by atoms with Crippen LogP contribution in [0.5, 0.6) is 5.75 Å². The normalized spacial score (nSPS) is 10.5. The Morgan fingerprint density at radius 3 is 2.45 bits per heavy atom. The average molecular weight is 307 g/mol. The van der Waals surface area contributed by atoms with Gasteiger partial charge in [0.2, 0.25) is 5.91 Å². The minimum absolute atomic E-state index is 0.200. The molecule has 7 heteroatoms. The lowest BCUT2D eigenvalue weighted by Crippen LogP contribution is -2.49. The van der Waals surface area contributed by atoms with E-state index in [1.165, 1.54) is 6.92 Å². The number of rotatable bonds is 4. The van der Waals surface area contributed by atoms with Gasteiger partial charge in [0.25, 0.3) is 5.91 Å². The summed E-state index contributed by atoms with van der Waals surface area (Å²) in [6.45, 7) is 6.51. The quantitative estimate of drug-likeness (QED) is 0.788. The van der Waals surface area contributed by atoms with Gasteiger partial charge >= 0.3 is 6.03 Å². The molecule has 0 atom stereocenters. The third-order valence-electron chi connectivity index (χ3n) is 2.27. The van der Waals surface area contributed by atoms with Crippen LogP contribution in [0.4, 0.5) is 10.5 Å². The summed E-state index contributed by atoms with van der Waals surface area (Å²) in [5, 5.41) is 7.38. The first-order chi connectivity index (χ1) is 10.2.